The van der Waals surface area contributed by atoms with Gasteiger partial charge in [-0.15, -0.1) is 0 Å². The third kappa shape index (κ3) is 4.45. The zero-order valence-corrected chi connectivity index (χ0v) is 15.2. The Morgan fingerprint density at radius 1 is 0.962 bits per heavy atom. The molecule has 0 unspecified atom stereocenters. The van der Waals surface area contributed by atoms with Gasteiger partial charge >= 0.3 is 0 Å². The van der Waals surface area contributed by atoms with Crippen LogP contribution in [0.1, 0.15) is 34.2 Å². The molecule has 0 saturated heterocycles. The quantitative estimate of drug-likeness (QED) is 0.636. The molecule has 0 amide bonds. The predicted octanol–water partition coefficient (Wildman–Crippen LogP) is 4.65. The van der Waals surface area contributed by atoms with Crippen LogP contribution in [0.3, 0.4) is 0 Å². The molecular formula is C21H22N4O. The molecule has 1 aromatic heterocycles. The van der Waals surface area contributed by atoms with Gasteiger partial charge in [0.05, 0.1) is 0 Å². The van der Waals surface area contributed by atoms with Crippen LogP contribution in [0.4, 0.5) is 17.3 Å². The highest BCUT2D eigenvalue weighted by Crippen LogP contribution is 2.19. The van der Waals surface area contributed by atoms with Crippen LogP contribution in [0.25, 0.3) is 0 Å². The van der Waals surface area contributed by atoms with Gasteiger partial charge in [-0.2, -0.15) is 0 Å². The third-order valence-electron chi connectivity index (χ3n) is 4.10. The van der Waals surface area contributed by atoms with E-state index in [0.717, 1.165) is 11.5 Å². The molecule has 0 bridgehead atoms. The first-order valence-electron chi connectivity index (χ1n) is 8.53. The lowest BCUT2D eigenvalue weighted by Crippen LogP contribution is -2.06. The summed E-state index contributed by atoms with van der Waals surface area (Å²) in [5, 5.41) is 6.60. The fourth-order valence-electron chi connectivity index (χ4n) is 2.68. The average Bonchev–Trinajstić information content (AvgIpc) is 2.61. The fraction of sp³-hybridized carbons (Fsp3) is 0.190. The molecule has 0 saturated carbocycles. The van der Waals surface area contributed by atoms with Gasteiger partial charge in [0.15, 0.2) is 5.78 Å². The Morgan fingerprint density at radius 2 is 1.73 bits per heavy atom. The number of aromatic nitrogens is 2. The van der Waals surface area contributed by atoms with E-state index in [9.17, 15) is 4.79 Å². The third-order valence-corrected chi connectivity index (χ3v) is 4.10. The van der Waals surface area contributed by atoms with Crippen molar-refractivity contribution in [2.24, 2.45) is 0 Å². The first-order valence-corrected chi connectivity index (χ1v) is 8.53. The molecule has 26 heavy (non-hydrogen) atoms. The van der Waals surface area contributed by atoms with Crippen molar-refractivity contribution in [3.05, 3.63) is 77.1 Å². The van der Waals surface area contributed by atoms with Crippen molar-refractivity contribution in [3.8, 4) is 0 Å². The first kappa shape index (κ1) is 17.6. The molecule has 0 fully saturated rings. The molecule has 132 valence electrons. The summed E-state index contributed by atoms with van der Waals surface area (Å²) in [5.74, 6) is 2.15. The molecule has 0 atom stereocenters. The maximum atomic E-state index is 11.5. The van der Waals surface area contributed by atoms with Gasteiger partial charge < -0.3 is 10.6 Å². The van der Waals surface area contributed by atoms with Crippen molar-refractivity contribution in [2.75, 3.05) is 10.6 Å². The summed E-state index contributed by atoms with van der Waals surface area (Å²) in [6, 6.07) is 17.5. The SMILES string of the molecule is CC(=O)c1cccc(Nc2cc(NCc3ccccc3C)nc(C)n2)c1. The molecule has 2 aromatic carbocycles. The molecule has 5 nitrogen and oxygen atoms in total. The number of carbonyl (C=O) groups excluding carboxylic acids is 1. The van der Waals surface area contributed by atoms with Crippen LogP contribution in [0.5, 0.6) is 0 Å². The lowest BCUT2D eigenvalue weighted by Gasteiger charge is -2.12. The van der Waals surface area contributed by atoms with Crippen molar-refractivity contribution in [1.82, 2.24) is 9.97 Å². The standard InChI is InChI=1S/C21H22N4O/c1-14-7-4-5-8-18(14)13-22-20-12-21(24-16(3)23-20)25-19-10-6-9-17(11-19)15(2)26/h4-12H,13H2,1-3H3,(H2,22,23,24,25). The minimum atomic E-state index is 0.0353. The van der Waals surface area contributed by atoms with Crippen LogP contribution in [0.15, 0.2) is 54.6 Å². The van der Waals surface area contributed by atoms with Crippen molar-refractivity contribution in [1.29, 1.82) is 0 Å². The molecule has 0 aliphatic heterocycles. The second-order valence-corrected chi connectivity index (χ2v) is 6.23. The van der Waals surface area contributed by atoms with E-state index in [1.165, 1.54) is 11.1 Å². The molecule has 2 N–H and O–H groups in total. The summed E-state index contributed by atoms with van der Waals surface area (Å²) < 4.78 is 0. The van der Waals surface area contributed by atoms with Crippen LogP contribution in [0, 0.1) is 13.8 Å². The highest BCUT2D eigenvalue weighted by Gasteiger charge is 2.05. The number of Topliss-reactive ketones (excluding diaryl/α,β-unsaturated/α-hetero) is 1. The monoisotopic (exact) mass is 346 g/mol. The highest BCUT2D eigenvalue weighted by atomic mass is 16.1. The Hall–Kier alpha value is -3.21. The van der Waals surface area contributed by atoms with Crippen molar-refractivity contribution in [3.63, 3.8) is 0 Å². The number of anilines is 3. The average molecular weight is 346 g/mol. The Kier molecular flexibility index (Phi) is 5.27. The van der Waals surface area contributed by atoms with Crippen molar-refractivity contribution >= 4 is 23.1 Å². The number of benzene rings is 2. The maximum absolute atomic E-state index is 11.5. The van der Waals surface area contributed by atoms with Crippen LogP contribution in [-0.2, 0) is 6.54 Å². The van der Waals surface area contributed by atoms with E-state index < -0.39 is 0 Å². The van der Waals surface area contributed by atoms with E-state index in [-0.39, 0.29) is 5.78 Å². The lowest BCUT2D eigenvalue weighted by atomic mass is 10.1. The zero-order chi connectivity index (χ0) is 18.5. The smallest absolute Gasteiger partial charge is 0.159 e. The number of carbonyl (C=O) groups is 1. The molecule has 0 spiro atoms. The Balaban J connectivity index is 1.76. The van der Waals surface area contributed by atoms with E-state index in [0.29, 0.717) is 23.8 Å². The number of nitrogens with zero attached hydrogens (tertiary/aromatic N) is 2. The molecule has 5 heteroatoms. The van der Waals surface area contributed by atoms with Crippen LogP contribution < -0.4 is 10.6 Å². The molecule has 1 heterocycles. The van der Waals surface area contributed by atoms with E-state index in [2.05, 4.69) is 39.7 Å². The van der Waals surface area contributed by atoms with Gasteiger partial charge in [-0.05, 0) is 44.0 Å². The van der Waals surface area contributed by atoms with Gasteiger partial charge in [-0.1, -0.05) is 36.4 Å². The number of ketones is 1. The summed E-state index contributed by atoms with van der Waals surface area (Å²) in [6.07, 6.45) is 0. The van der Waals surface area contributed by atoms with Gasteiger partial charge in [0.2, 0.25) is 0 Å². The highest BCUT2D eigenvalue weighted by molar-refractivity contribution is 5.95. The van der Waals surface area contributed by atoms with E-state index in [1.54, 1.807) is 13.0 Å². The van der Waals surface area contributed by atoms with E-state index in [1.807, 2.05) is 43.3 Å². The molecule has 3 aromatic rings. The zero-order valence-electron chi connectivity index (χ0n) is 15.2. The first-order chi connectivity index (χ1) is 12.5. The number of nitrogens with one attached hydrogen (secondary N) is 2. The topological polar surface area (TPSA) is 66.9 Å². The number of hydrogen-bond donors (Lipinski definition) is 2. The van der Waals surface area contributed by atoms with E-state index in [4.69, 9.17) is 0 Å². The molecule has 3 rings (SSSR count). The van der Waals surface area contributed by atoms with Gasteiger partial charge in [-0.3, -0.25) is 4.79 Å². The van der Waals surface area contributed by atoms with Gasteiger partial charge in [0.25, 0.3) is 0 Å². The lowest BCUT2D eigenvalue weighted by molar-refractivity contribution is 0.101. The predicted molar refractivity (Wildman–Crippen MR) is 105 cm³/mol. The number of rotatable bonds is 6. The maximum Gasteiger partial charge on any atom is 0.159 e. The van der Waals surface area contributed by atoms with Gasteiger partial charge in [-0.25, -0.2) is 9.97 Å². The summed E-state index contributed by atoms with van der Waals surface area (Å²) in [7, 11) is 0. The minimum Gasteiger partial charge on any atom is -0.366 e. The number of hydrogen-bond acceptors (Lipinski definition) is 5. The molecule has 0 aliphatic rings. The molecule has 0 radical (unpaired) electrons. The van der Waals surface area contributed by atoms with Crippen molar-refractivity contribution < 1.29 is 4.79 Å². The summed E-state index contributed by atoms with van der Waals surface area (Å²) in [5.41, 5.74) is 3.96. The van der Waals surface area contributed by atoms with Gasteiger partial charge in [0, 0.05) is 23.9 Å². The second kappa shape index (κ2) is 7.78. The second-order valence-electron chi connectivity index (χ2n) is 6.23. The number of aryl methyl sites for hydroxylation is 2. The summed E-state index contributed by atoms with van der Waals surface area (Å²) in [4.78, 5) is 20.4. The van der Waals surface area contributed by atoms with Gasteiger partial charge in [0.1, 0.15) is 17.5 Å². The Labute approximate surface area is 153 Å². The Morgan fingerprint density at radius 3 is 2.50 bits per heavy atom. The van der Waals surface area contributed by atoms with Crippen LogP contribution >= 0.6 is 0 Å². The van der Waals surface area contributed by atoms with E-state index >= 15 is 0 Å². The van der Waals surface area contributed by atoms with Crippen LogP contribution in [-0.4, -0.2) is 15.8 Å². The fourth-order valence-corrected chi connectivity index (χ4v) is 2.68. The largest absolute Gasteiger partial charge is 0.366 e. The van der Waals surface area contributed by atoms with Crippen LogP contribution in [0.2, 0.25) is 0 Å². The normalized spacial score (nSPS) is 10.4. The molecular weight excluding hydrogens is 324 g/mol. The van der Waals surface area contributed by atoms with Crippen molar-refractivity contribution in [2.45, 2.75) is 27.3 Å². The molecule has 0 aliphatic carbocycles. The Bertz CT molecular complexity index is 937. The summed E-state index contributed by atoms with van der Waals surface area (Å²) in [6.45, 7) is 6.21. The minimum absolute atomic E-state index is 0.0353. The summed E-state index contributed by atoms with van der Waals surface area (Å²) >= 11 is 0.